The summed E-state index contributed by atoms with van der Waals surface area (Å²) in [6.45, 7) is 3.66. The number of nitrogens with one attached hydrogen (secondary N) is 1. The minimum absolute atomic E-state index is 0.0929. The molecule has 0 spiro atoms. The van der Waals surface area contributed by atoms with Gasteiger partial charge in [-0.15, -0.1) is 0 Å². The fourth-order valence-corrected chi connectivity index (χ4v) is 3.00. The molecule has 0 radical (unpaired) electrons. The van der Waals surface area contributed by atoms with E-state index in [0.717, 1.165) is 41.2 Å². The number of hydrogen-bond acceptors (Lipinski definition) is 5. The first-order chi connectivity index (χ1) is 13.5. The molecule has 0 aromatic heterocycles. The Labute approximate surface area is 173 Å². The topological polar surface area (TPSA) is 104 Å². The van der Waals surface area contributed by atoms with E-state index in [4.69, 9.17) is 8.78 Å². The summed E-state index contributed by atoms with van der Waals surface area (Å²) in [4.78, 5) is 24.2. The number of ketones is 1. The van der Waals surface area contributed by atoms with Gasteiger partial charge in [0.15, 0.2) is 5.78 Å². The number of aliphatic hydroxyl groups excluding tert-OH is 1. The van der Waals surface area contributed by atoms with Gasteiger partial charge in [-0.3, -0.25) is 4.79 Å². The van der Waals surface area contributed by atoms with Gasteiger partial charge in [0.05, 0.1) is 0 Å². The summed E-state index contributed by atoms with van der Waals surface area (Å²) in [5, 5.41) is 19.2. The molecule has 6 nitrogen and oxygen atoms in total. The van der Waals surface area contributed by atoms with Crippen LogP contribution in [0.1, 0.15) is 29.8 Å². The summed E-state index contributed by atoms with van der Waals surface area (Å²) in [7, 11) is 1.00. The van der Waals surface area contributed by atoms with E-state index in [1.807, 2.05) is 56.3 Å². The number of carbonyl (C=O) groups is 2. The average Bonchev–Trinajstić information content (AvgIpc) is 2.73. The number of carbonyl (C=O) groups excluding carboxylic acids is 1. The van der Waals surface area contributed by atoms with Crippen molar-refractivity contribution >= 4 is 17.3 Å². The second-order valence-electron chi connectivity index (χ2n) is 6.20. The molecule has 1 aliphatic rings. The van der Waals surface area contributed by atoms with Crippen LogP contribution >= 0.6 is 0 Å². The molecule has 1 atom stereocenters. The van der Waals surface area contributed by atoms with Gasteiger partial charge >= 0.3 is 27.0 Å². The molecule has 1 aliphatic carbocycles. The Balaban J connectivity index is 0.000000921. The van der Waals surface area contributed by atoms with Crippen molar-refractivity contribution in [2.24, 2.45) is 5.92 Å². The number of carboxylic acids is 1. The van der Waals surface area contributed by atoms with Crippen LogP contribution in [-0.2, 0) is 25.8 Å². The summed E-state index contributed by atoms with van der Waals surface area (Å²) >= 11 is 1.06. The molecule has 0 aliphatic heterocycles. The molecule has 0 amide bonds. The standard InChI is InChI=1S/C20H19NO3.CH4O.O.V/c1-12(2)18(20(23)24)21-11-17-15-9-4-3-7-13(15)14-8-5-6-10-16(14)19(17)22;1-2;;/h3-12,18,21H,1-2H3,(H,23,24);2H,1H3;;/b17-11-;;;/t18-;;;/m0.../s1. The van der Waals surface area contributed by atoms with Crippen molar-refractivity contribution in [2.75, 3.05) is 7.11 Å². The van der Waals surface area contributed by atoms with Crippen molar-refractivity contribution in [1.29, 1.82) is 0 Å². The molecule has 7 heteroatoms. The molecule has 0 unspecified atom stereocenters. The number of fused-ring (bicyclic) bond motifs is 3. The van der Waals surface area contributed by atoms with E-state index < -0.39 is 12.0 Å². The third-order valence-electron chi connectivity index (χ3n) is 4.26. The monoisotopic (exact) mass is 420 g/mol. The van der Waals surface area contributed by atoms with E-state index in [1.165, 1.54) is 0 Å². The SMILES string of the molecule is CC(C)[C@H](N/C=C1\C(=O)c2ccccc2-c2ccccc21)C(=O)O.CO.[O]=[V]. The van der Waals surface area contributed by atoms with Crippen molar-refractivity contribution in [2.45, 2.75) is 19.9 Å². The minimum atomic E-state index is -0.932. The van der Waals surface area contributed by atoms with Crippen LogP contribution in [0, 0.1) is 5.92 Å². The maximum atomic E-state index is 12.9. The second kappa shape index (κ2) is 11.3. The zero-order valence-electron chi connectivity index (χ0n) is 15.9. The Bertz CT molecular complexity index is 863. The van der Waals surface area contributed by atoms with Crippen molar-refractivity contribution in [1.82, 2.24) is 5.32 Å². The van der Waals surface area contributed by atoms with E-state index in [-0.39, 0.29) is 11.7 Å². The first-order valence-corrected chi connectivity index (χ1v) is 9.13. The van der Waals surface area contributed by atoms with E-state index in [9.17, 15) is 14.7 Å². The van der Waals surface area contributed by atoms with Crippen LogP contribution in [0.5, 0.6) is 0 Å². The summed E-state index contributed by atoms with van der Waals surface area (Å²) in [6.07, 6.45) is 1.55. The van der Waals surface area contributed by atoms with Gasteiger partial charge in [-0.1, -0.05) is 62.4 Å². The van der Waals surface area contributed by atoms with E-state index in [0.29, 0.717) is 11.1 Å². The summed E-state index contributed by atoms with van der Waals surface area (Å²) in [6, 6.07) is 14.4. The molecule has 0 saturated heterocycles. The number of rotatable bonds is 4. The first kappa shape index (κ1) is 23.5. The van der Waals surface area contributed by atoms with Crippen molar-refractivity contribution in [3.63, 3.8) is 0 Å². The quantitative estimate of drug-likeness (QED) is 0.657. The summed E-state index contributed by atoms with van der Waals surface area (Å²) in [5.41, 5.74) is 3.85. The third-order valence-corrected chi connectivity index (χ3v) is 4.26. The second-order valence-corrected chi connectivity index (χ2v) is 6.20. The molecule has 0 heterocycles. The molecule has 0 fully saturated rings. The summed E-state index contributed by atoms with van der Waals surface area (Å²) < 4.78 is 8.19. The van der Waals surface area contributed by atoms with E-state index in [1.54, 1.807) is 12.3 Å². The molecule has 0 bridgehead atoms. The Kier molecular flexibility index (Phi) is 9.52. The molecule has 147 valence electrons. The number of hydrogen-bond donors (Lipinski definition) is 3. The van der Waals surface area contributed by atoms with E-state index >= 15 is 0 Å². The average molecular weight is 420 g/mol. The number of Topliss-reactive ketones (excluding diaryl/α,β-unsaturated/α-hetero) is 1. The number of aliphatic hydroxyl groups is 1. The van der Waals surface area contributed by atoms with Crippen LogP contribution in [0.3, 0.4) is 0 Å². The van der Waals surface area contributed by atoms with Crippen LogP contribution < -0.4 is 5.32 Å². The van der Waals surface area contributed by atoms with Gasteiger partial charge in [0.25, 0.3) is 0 Å². The Morgan fingerprint density at radius 3 is 1.82 bits per heavy atom. The fraction of sp³-hybridized carbons (Fsp3) is 0.238. The van der Waals surface area contributed by atoms with Crippen molar-refractivity contribution in [3.8, 4) is 11.1 Å². The van der Waals surface area contributed by atoms with E-state index in [2.05, 4.69) is 5.32 Å². The molecule has 28 heavy (non-hydrogen) atoms. The molecule has 0 saturated carbocycles. The van der Waals surface area contributed by atoms with Crippen molar-refractivity contribution < 1.29 is 40.8 Å². The van der Waals surface area contributed by atoms with Crippen LogP contribution in [0.4, 0.5) is 0 Å². The van der Waals surface area contributed by atoms with Crippen LogP contribution in [0.2, 0.25) is 0 Å². The van der Waals surface area contributed by atoms with Crippen LogP contribution in [0.15, 0.2) is 54.7 Å². The Hall–Kier alpha value is -2.54. The fourth-order valence-electron chi connectivity index (χ4n) is 3.00. The molecular weight excluding hydrogens is 397 g/mol. The van der Waals surface area contributed by atoms with Crippen LogP contribution in [-0.4, -0.2) is 35.1 Å². The Morgan fingerprint density at radius 1 is 0.929 bits per heavy atom. The van der Waals surface area contributed by atoms with Crippen LogP contribution in [0.25, 0.3) is 16.7 Å². The Morgan fingerprint density at radius 2 is 1.36 bits per heavy atom. The zero-order chi connectivity index (χ0) is 21.3. The molecule has 3 rings (SSSR count). The van der Waals surface area contributed by atoms with Gasteiger partial charge in [0.2, 0.25) is 0 Å². The van der Waals surface area contributed by atoms with Gasteiger partial charge < -0.3 is 15.5 Å². The first-order valence-electron chi connectivity index (χ1n) is 8.56. The zero-order valence-corrected chi connectivity index (χ0v) is 17.3. The van der Waals surface area contributed by atoms with Gasteiger partial charge in [0, 0.05) is 24.4 Å². The predicted octanol–water partition coefficient (Wildman–Crippen LogP) is 3.08. The molecule has 3 N–H and O–H groups in total. The van der Waals surface area contributed by atoms with Gasteiger partial charge in [-0.05, 0) is 22.6 Å². The van der Waals surface area contributed by atoms with Gasteiger partial charge in [-0.2, -0.15) is 0 Å². The molecule has 2 aromatic rings. The number of allylic oxidation sites excluding steroid dienone is 1. The maximum absolute atomic E-state index is 12.9. The third kappa shape index (κ3) is 5.04. The number of benzene rings is 2. The molecular formula is C21H23NO5V. The number of carboxylic acid groups (broad SMARTS) is 1. The predicted molar refractivity (Wildman–Crippen MR) is 102 cm³/mol. The van der Waals surface area contributed by atoms with Crippen molar-refractivity contribution in [3.05, 3.63) is 65.9 Å². The van der Waals surface area contributed by atoms with Gasteiger partial charge in [-0.25, -0.2) is 4.79 Å². The van der Waals surface area contributed by atoms with Gasteiger partial charge in [0.1, 0.15) is 6.04 Å². The summed E-state index contributed by atoms with van der Waals surface area (Å²) in [5.74, 6) is -1.12. The number of aliphatic carboxylic acids is 1. The normalized spacial score (nSPS) is 13.9. The molecule has 2 aromatic carbocycles.